The summed E-state index contributed by atoms with van der Waals surface area (Å²) >= 11 is 0. The molecule has 3 N–H and O–H groups in total. The van der Waals surface area contributed by atoms with Crippen molar-refractivity contribution >= 4 is 5.91 Å². The third-order valence-electron chi connectivity index (χ3n) is 2.62. The Morgan fingerprint density at radius 1 is 1.16 bits per heavy atom. The first kappa shape index (κ1) is 12.9. The minimum atomic E-state index is -0.541. The SMILES string of the molecule is O=C(NCc1ccccc1F)c1ccc(O)cc1O. The molecule has 5 heteroatoms. The number of hydrogen-bond donors (Lipinski definition) is 3. The largest absolute Gasteiger partial charge is 0.508 e. The van der Waals surface area contributed by atoms with E-state index >= 15 is 0 Å². The Hall–Kier alpha value is -2.56. The van der Waals surface area contributed by atoms with Crippen molar-refractivity contribution in [2.75, 3.05) is 0 Å². The number of amides is 1. The van der Waals surface area contributed by atoms with Crippen LogP contribution in [-0.4, -0.2) is 16.1 Å². The fourth-order valence-corrected chi connectivity index (χ4v) is 1.62. The quantitative estimate of drug-likeness (QED) is 0.793. The molecule has 0 bridgehead atoms. The third-order valence-corrected chi connectivity index (χ3v) is 2.62. The summed E-state index contributed by atoms with van der Waals surface area (Å²) in [5.74, 6) is -1.41. The van der Waals surface area contributed by atoms with E-state index in [9.17, 15) is 14.3 Å². The van der Waals surface area contributed by atoms with Crippen molar-refractivity contribution < 1.29 is 19.4 Å². The van der Waals surface area contributed by atoms with Gasteiger partial charge >= 0.3 is 0 Å². The minimum absolute atomic E-state index is 0.0197. The van der Waals surface area contributed by atoms with Crippen molar-refractivity contribution in [2.24, 2.45) is 0 Å². The predicted molar refractivity (Wildman–Crippen MR) is 67.3 cm³/mol. The van der Waals surface area contributed by atoms with Crippen LogP contribution in [0.4, 0.5) is 4.39 Å². The number of nitrogens with one attached hydrogen (secondary N) is 1. The van der Waals surface area contributed by atoms with Crippen LogP contribution in [0.5, 0.6) is 11.5 Å². The van der Waals surface area contributed by atoms with Crippen LogP contribution in [0.25, 0.3) is 0 Å². The second kappa shape index (κ2) is 5.39. The molecule has 2 aromatic carbocycles. The van der Waals surface area contributed by atoms with Gasteiger partial charge in [-0.25, -0.2) is 4.39 Å². The van der Waals surface area contributed by atoms with E-state index in [4.69, 9.17) is 5.11 Å². The number of carbonyl (C=O) groups is 1. The minimum Gasteiger partial charge on any atom is -0.508 e. The number of hydrogen-bond acceptors (Lipinski definition) is 3. The highest BCUT2D eigenvalue weighted by molar-refractivity contribution is 5.96. The molecule has 0 saturated carbocycles. The van der Waals surface area contributed by atoms with Gasteiger partial charge in [0.05, 0.1) is 5.56 Å². The maximum atomic E-state index is 13.3. The second-order valence-electron chi connectivity index (χ2n) is 3.98. The van der Waals surface area contributed by atoms with E-state index < -0.39 is 11.7 Å². The van der Waals surface area contributed by atoms with Gasteiger partial charge in [0.1, 0.15) is 17.3 Å². The van der Waals surface area contributed by atoms with Crippen molar-refractivity contribution in [2.45, 2.75) is 6.54 Å². The molecule has 1 amide bonds. The van der Waals surface area contributed by atoms with Crippen LogP contribution in [-0.2, 0) is 6.54 Å². The van der Waals surface area contributed by atoms with Gasteiger partial charge in [-0.05, 0) is 18.2 Å². The normalized spacial score (nSPS) is 10.2. The lowest BCUT2D eigenvalue weighted by atomic mass is 10.1. The smallest absolute Gasteiger partial charge is 0.255 e. The molecule has 0 heterocycles. The van der Waals surface area contributed by atoms with Crippen molar-refractivity contribution in [1.82, 2.24) is 5.32 Å². The number of phenolic OH excluding ortho intramolecular Hbond substituents is 2. The molecule has 0 spiro atoms. The summed E-state index contributed by atoms with van der Waals surface area (Å²) in [6.45, 7) is 0.0197. The van der Waals surface area contributed by atoms with E-state index in [0.717, 1.165) is 6.07 Å². The van der Waals surface area contributed by atoms with Crippen LogP contribution in [0.3, 0.4) is 0 Å². The lowest BCUT2D eigenvalue weighted by Gasteiger charge is -2.07. The summed E-state index contributed by atoms with van der Waals surface area (Å²) in [7, 11) is 0. The molecule has 0 aliphatic heterocycles. The summed E-state index contributed by atoms with van der Waals surface area (Å²) < 4.78 is 13.3. The monoisotopic (exact) mass is 261 g/mol. The molecular weight excluding hydrogens is 249 g/mol. The molecule has 0 fully saturated rings. The number of carbonyl (C=O) groups excluding carboxylic acids is 1. The molecule has 0 saturated heterocycles. The maximum absolute atomic E-state index is 13.3. The molecule has 19 heavy (non-hydrogen) atoms. The summed E-state index contributed by atoms with van der Waals surface area (Å²) in [5.41, 5.74) is 0.378. The molecule has 0 atom stereocenters. The first-order valence-electron chi connectivity index (χ1n) is 5.61. The Labute approximate surface area is 109 Å². The number of phenols is 2. The molecule has 0 unspecified atom stereocenters. The zero-order valence-electron chi connectivity index (χ0n) is 9.93. The van der Waals surface area contributed by atoms with Crippen LogP contribution in [0.15, 0.2) is 42.5 Å². The van der Waals surface area contributed by atoms with Gasteiger partial charge in [0.15, 0.2) is 0 Å². The van der Waals surface area contributed by atoms with Gasteiger partial charge in [-0.3, -0.25) is 4.79 Å². The van der Waals surface area contributed by atoms with Gasteiger partial charge in [0.25, 0.3) is 5.91 Å². The van der Waals surface area contributed by atoms with E-state index in [1.54, 1.807) is 18.2 Å². The van der Waals surface area contributed by atoms with Gasteiger partial charge in [0.2, 0.25) is 0 Å². The summed E-state index contributed by atoms with van der Waals surface area (Å²) in [6.07, 6.45) is 0. The molecule has 0 aliphatic rings. The van der Waals surface area contributed by atoms with E-state index in [1.165, 1.54) is 18.2 Å². The van der Waals surface area contributed by atoms with Crippen molar-refractivity contribution in [3.63, 3.8) is 0 Å². The molecule has 0 aliphatic carbocycles. The Kier molecular flexibility index (Phi) is 3.66. The highest BCUT2D eigenvalue weighted by Crippen LogP contribution is 2.22. The highest BCUT2D eigenvalue weighted by atomic mass is 19.1. The van der Waals surface area contributed by atoms with Crippen LogP contribution in [0.1, 0.15) is 15.9 Å². The average Bonchev–Trinajstić information content (AvgIpc) is 2.37. The summed E-state index contributed by atoms with van der Waals surface area (Å²) in [5, 5.41) is 21.1. The number of halogens is 1. The Morgan fingerprint density at radius 2 is 1.89 bits per heavy atom. The predicted octanol–water partition coefficient (Wildman–Crippen LogP) is 2.17. The van der Waals surface area contributed by atoms with E-state index in [2.05, 4.69) is 5.32 Å². The molecule has 2 rings (SSSR count). The average molecular weight is 261 g/mol. The van der Waals surface area contributed by atoms with Crippen molar-refractivity contribution in [3.8, 4) is 11.5 Å². The maximum Gasteiger partial charge on any atom is 0.255 e. The Bertz CT molecular complexity index is 613. The molecular formula is C14H12FNO3. The topological polar surface area (TPSA) is 69.6 Å². The third kappa shape index (κ3) is 3.01. The molecule has 0 aromatic heterocycles. The highest BCUT2D eigenvalue weighted by Gasteiger charge is 2.11. The van der Waals surface area contributed by atoms with Gasteiger partial charge in [-0.2, -0.15) is 0 Å². The molecule has 4 nitrogen and oxygen atoms in total. The van der Waals surface area contributed by atoms with Gasteiger partial charge in [0, 0.05) is 18.2 Å². The zero-order valence-corrected chi connectivity index (χ0v) is 9.93. The lowest BCUT2D eigenvalue weighted by Crippen LogP contribution is -2.23. The Balaban J connectivity index is 2.08. The van der Waals surface area contributed by atoms with Gasteiger partial charge in [-0.15, -0.1) is 0 Å². The lowest BCUT2D eigenvalue weighted by molar-refractivity contribution is 0.0948. The van der Waals surface area contributed by atoms with Gasteiger partial charge in [-0.1, -0.05) is 18.2 Å². The standard InChI is InChI=1S/C14H12FNO3/c15-12-4-2-1-3-9(12)8-16-14(19)11-6-5-10(17)7-13(11)18/h1-7,17-18H,8H2,(H,16,19). The van der Waals surface area contributed by atoms with Crippen molar-refractivity contribution in [1.29, 1.82) is 0 Å². The van der Waals surface area contributed by atoms with Gasteiger partial charge < -0.3 is 15.5 Å². The van der Waals surface area contributed by atoms with Crippen LogP contribution in [0, 0.1) is 5.82 Å². The molecule has 0 radical (unpaired) electrons. The first-order valence-corrected chi connectivity index (χ1v) is 5.61. The Morgan fingerprint density at radius 3 is 2.58 bits per heavy atom. The fourth-order valence-electron chi connectivity index (χ4n) is 1.62. The number of aromatic hydroxyl groups is 2. The second-order valence-corrected chi connectivity index (χ2v) is 3.98. The number of rotatable bonds is 3. The van der Waals surface area contributed by atoms with E-state index in [1.807, 2.05) is 0 Å². The zero-order chi connectivity index (χ0) is 13.8. The summed E-state index contributed by atoms with van der Waals surface area (Å²) in [4.78, 5) is 11.8. The molecule has 98 valence electrons. The molecule has 2 aromatic rings. The van der Waals surface area contributed by atoms with E-state index in [-0.39, 0.29) is 23.6 Å². The van der Waals surface area contributed by atoms with Crippen LogP contribution in [0.2, 0.25) is 0 Å². The van der Waals surface area contributed by atoms with Crippen LogP contribution >= 0.6 is 0 Å². The number of benzene rings is 2. The first-order chi connectivity index (χ1) is 9.08. The van der Waals surface area contributed by atoms with Crippen molar-refractivity contribution in [3.05, 3.63) is 59.4 Å². The van der Waals surface area contributed by atoms with E-state index in [0.29, 0.717) is 5.56 Å². The fraction of sp³-hybridized carbons (Fsp3) is 0.0714. The van der Waals surface area contributed by atoms with Crippen LogP contribution < -0.4 is 5.32 Å². The summed E-state index contributed by atoms with van der Waals surface area (Å²) in [6, 6.07) is 9.75.